The van der Waals surface area contributed by atoms with E-state index in [1.54, 1.807) is 13.4 Å². The minimum Gasteiger partial charge on any atom is -0.483 e. The largest absolute Gasteiger partial charge is 0.483 e. The average Bonchev–Trinajstić information content (AvgIpc) is 4.14. The van der Waals surface area contributed by atoms with Crippen molar-refractivity contribution in [2.24, 2.45) is 23.7 Å². The fraction of sp³-hybridized carbons (Fsp3) is 0.479. The Balaban J connectivity index is 0.967. The summed E-state index contributed by atoms with van der Waals surface area (Å²) >= 11 is 0. The van der Waals surface area contributed by atoms with Crippen molar-refractivity contribution in [1.82, 2.24) is 40.4 Å². The summed E-state index contributed by atoms with van der Waals surface area (Å²) in [5, 5.41) is 6.98. The molecule has 62 heavy (non-hydrogen) atoms. The van der Waals surface area contributed by atoms with Gasteiger partial charge in [-0.25, -0.2) is 14.8 Å². The summed E-state index contributed by atoms with van der Waals surface area (Å²) in [6.07, 6.45) is 10.5. The van der Waals surface area contributed by atoms with Gasteiger partial charge in [0, 0.05) is 42.0 Å². The highest BCUT2D eigenvalue weighted by atomic mass is 16.5. The molecule has 2 saturated carbocycles. The number of carbonyl (C=O) groups excluding carboxylic acids is 3. The number of rotatable bonds is 13. The normalized spacial score (nSPS) is 23.7. The number of fused-ring (bicyclic) bond motifs is 5. The summed E-state index contributed by atoms with van der Waals surface area (Å²) < 4.78 is 16.4. The van der Waals surface area contributed by atoms with E-state index < -0.39 is 29.3 Å². The average molecular weight is 843 g/mol. The highest BCUT2D eigenvalue weighted by molar-refractivity contribution is 6.03. The molecule has 4 aliphatic rings. The topological polar surface area (TPSA) is 171 Å². The maximum absolute atomic E-state index is 14.1. The second-order valence-corrected chi connectivity index (χ2v) is 18.7. The molecule has 3 aromatic heterocycles. The van der Waals surface area contributed by atoms with Crippen LogP contribution in [0.25, 0.3) is 44.6 Å². The highest BCUT2D eigenvalue weighted by Gasteiger charge is 2.58. The third-order valence-corrected chi connectivity index (χ3v) is 14.2. The zero-order chi connectivity index (χ0) is 43.7. The predicted molar refractivity (Wildman–Crippen MR) is 235 cm³/mol. The Hall–Kier alpha value is -6.05. The number of ether oxygens (including phenoxy) is 2. The Kier molecular flexibility index (Phi) is 10.5. The first-order valence-corrected chi connectivity index (χ1v) is 22.0. The molecule has 3 amide bonds. The number of aromatic amines is 2. The molecule has 4 bridgehead atoms. The van der Waals surface area contributed by atoms with Crippen LogP contribution in [0.4, 0.5) is 4.79 Å². The number of imidazole rings is 2. The molecule has 0 unspecified atom stereocenters. The Morgan fingerprint density at radius 3 is 1.85 bits per heavy atom. The zero-order valence-corrected chi connectivity index (χ0v) is 36.8. The summed E-state index contributed by atoms with van der Waals surface area (Å²) in [7, 11) is 2.86. The van der Waals surface area contributed by atoms with Gasteiger partial charge in [0.2, 0.25) is 11.8 Å². The van der Waals surface area contributed by atoms with Crippen molar-refractivity contribution in [3.8, 4) is 33.6 Å². The van der Waals surface area contributed by atoms with E-state index in [1.165, 1.54) is 7.11 Å². The van der Waals surface area contributed by atoms with Gasteiger partial charge in [-0.15, -0.1) is 0 Å². The molecular weight excluding hydrogens is 785 g/mol. The first-order chi connectivity index (χ1) is 29.8. The fourth-order valence-corrected chi connectivity index (χ4v) is 11.0. The number of likely N-dealkylation sites (tertiary alicyclic amines) is 2. The molecule has 2 saturated heterocycles. The summed E-state index contributed by atoms with van der Waals surface area (Å²) in [5.41, 5.74) is 6.21. The number of piperidine rings is 2. The molecule has 4 N–H and O–H groups in total. The van der Waals surface area contributed by atoms with Gasteiger partial charge in [-0.1, -0.05) is 58.0 Å². The lowest BCUT2D eigenvalue weighted by Gasteiger charge is -2.40. The summed E-state index contributed by atoms with van der Waals surface area (Å²) in [6.45, 7) is 15.2. The monoisotopic (exact) mass is 842 g/mol. The molecule has 0 spiro atoms. The predicted octanol–water partition coefficient (Wildman–Crippen LogP) is 7.98. The van der Waals surface area contributed by atoms with Crippen LogP contribution in [0.3, 0.4) is 0 Å². The number of nitrogens with zero attached hydrogens (tertiary/aromatic N) is 4. The van der Waals surface area contributed by atoms with E-state index >= 15 is 0 Å². The molecule has 5 heterocycles. The van der Waals surface area contributed by atoms with Crippen molar-refractivity contribution in [1.29, 1.82) is 0 Å². The van der Waals surface area contributed by atoms with Crippen LogP contribution in [0.2, 0.25) is 0 Å². The molecule has 14 heteroatoms. The van der Waals surface area contributed by atoms with Gasteiger partial charge in [-0.05, 0) is 98.5 Å². The number of nitrogens with one attached hydrogen (secondary N) is 4. The Labute approximate surface area is 362 Å². The van der Waals surface area contributed by atoms with Crippen LogP contribution in [0, 0.1) is 30.6 Å². The SMILES string of the molecule is C=C(N[C@H](C(=O)N1C[C@@H]2CC[C@@]1(c1nc(-c3ccc(-c4ccc(-c5c[nH]c([C@@]67CC[C@@H](CN6C(=O)[C@@H](NC(=O)OC)C(C)C)C7)n5)c5occ(C)c45)cc3)c[nH]1)C2)C(C)C)OC. The van der Waals surface area contributed by atoms with Gasteiger partial charge in [0.1, 0.15) is 40.4 Å². The Bertz CT molecular complexity index is 2540. The maximum atomic E-state index is 14.1. The van der Waals surface area contributed by atoms with Gasteiger partial charge in [0.25, 0.3) is 0 Å². The smallest absolute Gasteiger partial charge is 0.407 e. The van der Waals surface area contributed by atoms with E-state index in [0.717, 1.165) is 100 Å². The molecular formula is C48H58N8O6. The number of H-pyrrole nitrogens is 2. The van der Waals surface area contributed by atoms with E-state index in [4.69, 9.17) is 23.9 Å². The standard InChI is InChI=1S/C48H58N8O6/c1-26(2)39(51-29(6)60-7)42(57)55-23-30-15-17-47(55,19-30)44-49-21-36(52-44)33-11-9-32(10-12-33)34-13-14-35(41-38(34)28(5)25-62-41)37-22-50-45(53-37)48-18-16-31(20-48)24-56(48)43(58)40(27(3)4)54-46(59)61-8/h9-14,21-22,25-27,30-31,39-40,51H,6,15-20,23-24H2,1-5,7-8H3,(H,49,52)(H,50,53)(H,54,59)/t30-,31-,39+,40+,47+,48+/m1/s1. The fourth-order valence-electron chi connectivity index (χ4n) is 11.0. The highest BCUT2D eigenvalue weighted by Crippen LogP contribution is 2.54. The third kappa shape index (κ3) is 6.73. The Morgan fingerprint density at radius 2 is 1.31 bits per heavy atom. The number of carbonyl (C=O) groups is 3. The van der Waals surface area contributed by atoms with Crippen molar-refractivity contribution in [2.75, 3.05) is 27.3 Å². The van der Waals surface area contributed by atoms with E-state index in [0.29, 0.717) is 30.8 Å². The molecule has 6 atom stereocenters. The van der Waals surface area contributed by atoms with Crippen molar-refractivity contribution in [3.05, 3.63) is 84.7 Å². The number of aryl methyl sites for hydroxylation is 1. The van der Waals surface area contributed by atoms with Gasteiger partial charge in [-0.3, -0.25) is 9.59 Å². The number of aromatic nitrogens is 4. The van der Waals surface area contributed by atoms with Crippen LogP contribution in [0.15, 0.2) is 71.9 Å². The quantitative estimate of drug-likeness (QED) is 0.0859. The van der Waals surface area contributed by atoms with Crippen LogP contribution in [-0.2, 0) is 30.1 Å². The van der Waals surface area contributed by atoms with E-state index in [9.17, 15) is 14.4 Å². The molecule has 2 aromatic carbocycles. The summed E-state index contributed by atoms with van der Waals surface area (Å²) in [6, 6.07) is 11.5. The Morgan fingerprint density at radius 1 is 0.774 bits per heavy atom. The minimum absolute atomic E-state index is 0.0435. The second kappa shape index (κ2) is 15.7. The first-order valence-electron chi connectivity index (χ1n) is 22.0. The van der Waals surface area contributed by atoms with Crippen molar-refractivity contribution >= 4 is 28.9 Å². The van der Waals surface area contributed by atoms with Crippen molar-refractivity contribution in [2.45, 2.75) is 96.3 Å². The van der Waals surface area contributed by atoms with Gasteiger partial charge in [0.15, 0.2) is 5.88 Å². The molecule has 4 fully saturated rings. The molecule has 2 aliphatic carbocycles. The summed E-state index contributed by atoms with van der Waals surface area (Å²) in [4.78, 5) is 61.7. The van der Waals surface area contributed by atoms with Gasteiger partial charge in [0.05, 0.1) is 31.9 Å². The van der Waals surface area contributed by atoms with Crippen LogP contribution in [0.1, 0.15) is 83.4 Å². The lowest BCUT2D eigenvalue weighted by atomic mass is 9.93. The third-order valence-electron chi connectivity index (χ3n) is 14.2. The molecule has 326 valence electrons. The number of hydrogen-bond donors (Lipinski definition) is 4. The number of amides is 3. The second-order valence-electron chi connectivity index (χ2n) is 18.7. The van der Waals surface area contributed by atoms with Crippen LogP contribution < -0.4 is 10.6 Å². The molecule has 9 rings (SSSR count). The molecule has 5 aromatic rings. The lowest BCUT2D eigenvalue weighted by Crippen LogP contribution is -2.56. The van der Waals surface area contributed by atoms with E-state index in [2.05, 4.69) is 70.5 Å². The van der Waals surface area contributed by atoms with E-state index in [-0.39, 0.29) is 23.7 Å². The zero-order valence-electron chi connectivity index (χ0n) is 36.8. The lowest BCUT2D eigenvalue weighted by molar-refractivity contribution is -0.141. The molecule has 0 radical (unpaired) electrons. The van der Waals surface area contributed by atoms with E-state index in [1.807, 2.05) is 49.9 Å². The van der Waals surface area contributed by atoms with Crippen molar-refractivity contribution in [3.63, 3.8) is 0 Å². The maximum Gasteiger partial charge on any atom is 0.407 e. The van der Waals surface area contributed by atoms with Crippen LogP contribution in [-0.4, -0.2) is 87.0 Å². The number of furan rings is 1. The number of benzene rings is 2. The molecule has 14 nitrogen and oxygen atoms in total. The van der Waals surface area contributed by atoms with Crippen LogP contribution in [0.5, 0.6) is 0 Å². The van der Waals surface area contributed by atoms with Crippen LogP contribution >= 0.6 is 0 Å². The molecule has 2 aliphatic heterocycles. The minimum atomic E-state index is -0.707. The summed E-state index contributed by atoms with van der Waals surface area (Å²) in [5.74, 6) is 2.64. The van der Waals surface area contributed by atoms with Crippen molar-refractivity contribution < 1.29 is 28.3 Å². The first kappa shape index (κ1) is 41.3. The van der Waals surface area contributed by atoms with Gasteiger partial charge >= 0.3 is 6.09 Å². The van der Waals surface area contributed by atoms with Gasteiger partial charge in [-0.2, -0.15) is 0 Å². The number of hydrogen-bond acceptors (Lipinski definition) is 9. The number of methoxy groups -OCH3 is 2. The number of alkyl carbamates (subject to hydrolysis) is 1. The van der Waals surface area contributed by atoms with Gasteiger partial charge < -0.3 is 44.3 Å².